The van der Waals surface area contributed by atoms with Gasteiger partial charge < -0.3 is 0 Å². The Kier molecular flexibility index (Phi) is 6.12. The zero-order chi connectivity index (χ0) is 33.0. The maximum Gasteiger partial charge on any atom is 0.0932 e. The van der Waals surface area contributed by atoms with Crippen LogP contribution in [-0.2, 0) is 32.1 Å². The SMILES string of the molecule is Cc1cccc2cc3c(nc12)-c1nc2c(C)cccc2c(Cc2c4c(nc5c(C)cccc25)-c2nc5c(C)cccc5cc2CC4)c1CC3. The van der Waals surface area contributed by atoms with Gasteiger partial charge in [0.25, 0.3) is 0 Å². The van der Waals surface area contributed by atoms with E-state index in [1.54, 1.807) is 0 Å². The molecule has 49 heavy (non-hydrogen) atoms. The third-order valence-electron chi connectivity index (χ3n) is 11.2. The van der Waals surface area contributed by atoms with Crippen molar-refractivity contribution < 1.29 is 0 Å². The monoisotopic (exact) mass is 632 g/mol. The fourth-order valence-electron chi connectivity index (χ4n) is 8.67. The van der Waals surface area contributed by atoms with E-state index in [4.69, 9.17) is 19.9 Å². The highest BCUT2D eigenvalue weighted by molar-refractivity contribution is 5.96. The second-order valence-electron chi connectivity index (χ2n) is 14.2. The molecule has 8 aromatic rings. The lowest BCUT2D eigenvalue weighted by Gasteiger charge is -2.27. The molecule has 0 saturated carbocycles. The van der Waals surface area contributed by atoms with Crippen molar-refractivity contribution in [2.75, 3.05) is 0 Å². The Labute approximate surface area is 285 Å². The van der Waals surface area contributed by atoms with Gasteiger partial charge in [0.1, 0.15) is 0 Å². The zero-order valence-electron chi connectivity index (χ0n) is 28.4. The van der Waals surface area contributed by atoms with Gasteiger partial charge >= 0.3 is 0 Å². The lowest BCUT2D eigenvalue weighted by molar-refractivity contribution is 0.887. The van der Waals surface area contributed by atoms with E-state index in [0.717, 1.165) is 76.9 Å². The zero-order valence-corrected chi connectivity index (χ0v) is 28.4. The molecule has 4 aromatic heterocycles. The Morgan fingerprint density at radius 1 is 0.429 bits per heavy atom. The number of benzene rings is 4. The number of hydrogen-bond donors (Lipinski definition) is 0. The van der Waals surface area contributed by atoms with Gasteiger partial charge in [0.2, 0.25) is 0 Å². The summed E-state index contributed by atoms with van der Waals surface area (Å²) in [6.45, 7) is 8.70. The van der Waals surface area contributed by atoms with E-state index in [9.17, 15) is 0 Å². The van der Waals surface area contributed by atoms with E-state index in [1.807, 2.05) is 0 Å². The van der Waals surface area contributed by atoms with Crippen LogP contribution in [0.2, 0.25) is 0 Å². The number of pyridine rings is 4. The van der Waals surface area contributed by atoms with Crippen LogP contribution in [0.1, 0.15) is 55.6 Å². The van der Waals surface area contributed by atoms with Gasteiger partial charge in [-0.25, -0.2) is 19.9 Å². The molecule has 0 aliphatic heterocycles. The number of fused-ring (bicyclic) bond motifs is 10. The number of hydrogen-bond acceptors (Lipinski definition) is 4. The van der Waals surface area contributed by atoms with Crippen LogP contribution < -0.4 is 0 Å². The molecule has 0 bridgehead atoms. The van der Waals surface area contributed by atoms with Gasteiger partial charge in [0.15, 0.2) is 0 Å². The molecule has 4 heterocycles. The standard InChI is InChI=1S/C45H36N4/c1-24-9-5-13-28-21-30-17-19-34-36(32-15-7-11-26(3)40(32)48-44(34)42(30)46-38(24)28)23-37-33-16-8-12-27(4)41(33)49-45-35(37)20-18-31-22-29-14-6-10-25(2)39(29)47-43(31)45/h5-16,21-22H,17-20,23H2,1-4H3. The summed E-state index contributed by atoms with van der Waals surface area (Å²) in [5.41, 5.74) is 21.3. The van der Waals surface area contributed by atoms with Crippen LogP contribution >= 0.6 is 0 Å². The van der Waals surface area contributed by atoms with Crippen molar-refractivity contribution in [3.63, 3.8) is 0 Å². The average Bonchev–Trinajstić information content (AvgIpc) is 3.11. The molecule has 0 unspecified atom stereocenters. The fourth-order valence-corrected chi connectivity index (χ4v) is 8.67. The molecule has 0 saturated heterocycles. The van der Waals surface area contributed by atoms with Gasteiger partial charge in [-0.15, -0.1) is 0 Å². The van der Waals surface area contributed by atoms with Crippen molar-refractivity contribution in [2.24, 2.45) is 0 Å². The third kappa shape index (κ3) is 4.23. The molecule has 4 heteroatoms. The van der Waals surface area contributed by atoms with E-state index in [2.05, 4.69) is 113 Å². The first-order chi connectivity index (χ1) is 23.9. The summed E-state index contributed by atoms with van der Waals surface area (Å²) >= 11 is 0. The maximum atomic E-state index is 5.44. The highest BCUT2D eigenvalue weighted by Gasteiger charge is 2.29. The minimum atomic E-state index is 0.819. The third-order valence-corrected chi connectivity index (χ3v) is 11.2. The highest BCUT2D eigenvalue weighted by Crippen LogP contribution is 2.43. The first kappa shape index (κ1) is 28.5. The Hall–Kier alpha value is -5.48. The molecular weight excluding hydrogens is 597 g/mol. The van der Waals surface area contributed by atoms with Crippen LogP contribution in [0.3, 0.4) is 0 Å². The summed E-state index contributed by atoms with van der Waals surface area (Å²) in [6, 6.07) is 31.0. The molecule has 236 valence electrons. The number of aromatic nitrogens is 4. The van der Waals surface area contributed by atoms with Crippen LogP contribution in [0.25, 0.3) is 66.4 Å². The van der Waals surface area contributed by atoms with Gasteiger partial charge in [-0.3, -0.25) is 0 Å². The van der Waals surface area contributed by atoms with Gasteiger partial charge in [0, 0.05) is 21.5 Å². The fraction of sp³-hybridized carbons (Fsp3) is 0.200. The molecule has 0 radical (unpaired) electrons. The van der Waals surface area contributed by atoms with Crippen LogP contribution in [0.15, 0.2) is 84.9 Å². The van der Waals surface area contributed by atoms with Gasteiger partial charge in [-0.05, 0) is 128 Å². The Bertz CT molecular complexity index is 2550. The second-order valence-corrected chi connectivity index (χ2v) is 14.2. The molecule has 0 amide bonds. The summed E-state index contributed by atoms with van der Waals surface area (Å²) in [5, 5.41) is 4.92. The highest BCUT2D eigenvalue weighted by atomic mass is 14.8. The van der Waals surface area contributed by atoms with Gasteiger partial charge in [-0.1, -0.05) is 72.8 Å². The molecule has 0 N–H and O–H groups in total. The Morgan fingerprint density at radius 2 is 0.816 bits per heavy atom. The quantitative estimate of drug-likeness (QED) is 0.190. The van der Waals surface area contributed by atoms with Crippen LogP contribution in [-0.4, -0.2) is 19.9 Å². The van der Waals surface area contributed by atoms with Crippen molar-refractivity contribution in [1.82, 2.24) is 19.9 Å². The van der Waals surface area contributed by atoms with Gasteiger partial charge in [0.05, 0.1) is 44.8 Å². The first-order valence-corrected chi connectivity index (χ1v) is 17.5. The first-order valence-electron chi connectivity index (χ1n) is 17.5. The Morgan fingerprint density at radius 3 is 1.27 bits per heavy atom. The summed E-state index contributed by atoms with van der Waals surface area (Å²) in [7, 11) is 0. The molecular formula is C45H36N4. The van der Waals surface area contributed by atoms with E-state index >= 15 is 0 Å². The van der Waals surface area contributed by atoms with Crippen LogP contribution in [0.5, 0.6) is 0 Å². The molecule has 2 aliphatic carbocycles. The molecule has 0 fully saturated rings. The lowest BCUT2D eigenvalue weighted by Crippen LogP contribution is -2.15. The number of nitrogens with zero attached hydrogens (tertiary/aromatic N) is 4. The molecule has 4 nitrogen and oxygen atoms in total. The lowest BCUT2D eigenvalue weighted by atomic mass is 9.81. The van der Waals surface area contributed by atoms with Crippen molar-refractivity contribution in [1.29, 1.82) is 0 Å². The predicted octanol–water partition coefficient (Wildman–Crippen LogP) is 10.2. The molecule has 0 atom stereocenters. The Balaban J connectivity index is 1.25. The summed E-state index contributed by atoms with van der Waals surface area (Å²) in [5.74, 6) is 0. The topological polar surface area (TPSA) is 51.6 Å². The summed E-state index contributed by atoms with van der Waals surface area (Å²) < 4.78 is 0. The van der Waals surface area contributed by atoms with Gasteiger partial charge in [-0.2, -0.15) is 0 Å². The molecule has 4 aromatic carbocycles. The normalized spacial score (nSPS) is 13.5. The van der Waals surface area contributed by atoms with Crippen molar-refractivity contribution >= 4 is 43.6 Å². The minimum absolute atomic E-state index is 0.819. The second kappa shape index (κ2) is 10.5. The smallest absolute Gasteiger partial charge is 0.0932 e. The average molecular weight is 633 g/mol. The van der Waals surface area contributed by atoms with Crippen molar-refractivity contribution in [3.05, 3.63) is 141 Å². The van der Waals surface area contributed by atoms with E-state index in [0.29, 0.717) is 0 Å². The largest absolute Gasteiger partial charge is 0.246 e. The number of para-hydroxylation sites is 4. The minimum Gasteiger partial charge on any atom is -0.246 e. The maximum absolute atomic E-state index is 5.44. The number of aryl methyl sites for hydroxylation is 6. The predicted molar refractivity (Wildman–Crippen MR) is 202 cm³/mol. The van der Waals surface area contributed by atoms with E-state index in [-0.39, 0.29) is 0 Å². The van der Waals surface area contributed by atoms with E-state index < -0.39 is 0 Å². The summed E-state index contributed by atoms with van der Waals surface area (Å²) in [4.78, 5) is 21.6. The molecule has 2 aliphatic rings. The molecule has 10 rings (SSSR count). The van der Waals surface area contributed by atoms with E-state index in [1.165, 1.54) is 77.2 Å². The molecule has 0 spiro atoms. The number of rotatable bonds is 2. The van der Waals surface area contributed by atoms with Crippen molar-refractivity contribution in [3.8, 4) is 22.8 Å². The summed E-state index contributed by atoms with van der Waals surface area (Å²) in [6.07, 6.45) is 4.65. The van der Waals surface area contributed by atoms with Crippen LogP contribution in [0, 0.1) is 27.7 Å². The van der Waals surface area contributed by atoms with Crippen molar-refractivity contribution in [2.45, 2.75) is 59.8 Å². The van der Waals surface area contributed by atoms with Crippen LogP contribution in [0.4, 0.5) is 0 Å².